The normalized spacial score (nSPS) is 12.0. The molecule has 0 aliphatic rings. The molecule has 1 aromatic carbocycles. The number of rotatable bonds is 6. The Labute approximate surface area is 119 Å². The van der Waals surface area contributed by atoms with E-state index in [1.807, 2.05) is 6.92 Å². The van der Waals surface area contributed by atoms with Crippen LogP contribution in [-0.2, 0) is 4.79 Å². The van der Waals surface area contributed by atoms with E-state index in [0.29, 0.717) is 17.2 Å². The second-order valence-electron chi connectivity index (χ2n) is 3.95. The predicted molar refractivity (Wildman–Crippen MR) is 75.7 cm³/mol. The van der Waals surface area contributed by atoms with Gasteiger partial charge < -0.3 is 15.2 Å². The molecule has 0 radical (unpaired) electrons. The number of anilines is 1. The van der Waals surface area contributed by atoms with Crippen LogP contribution < -0.4 is 10.1 Å². The summed E-state index contributed by atoms with van der Waals surface area (Å²) in [5.74, 6) is -0.149. The van der Waals surface area contributed by atoms with Crippen LogP contribution in [0.4, 0.5) is 5.69 Å². The summed E-state index contributed by atoms with van der Waals surface area (Å²) in [6, 6.07) is 3.51. The summed E-state index contributed by atoms with van der Waals surface area (Å²) in [4.78, 5) is 10.5. The van der Waals surface area contributed by atoms with Gasteiger partial charge in [-0.2, -0.15) is 0 Å². The van der Waals surface area contributed by atoms with Gasteiger partial charge in [-0.1, -0.05) is 11.6 Å². The van der Waals surface area contributed by atoms with E-state index in [-0.39, 0.29) is 12.5 Å². The van der Waals surface area contributed by atoms with Gasteiger partial charge in [-0.25, -0.2) is 0 Å². The molecule has 1 rings (SSSR count). The maximum absolute atomic E-state index is 10.5. The summed E-state index contributed by atoms with van der Waals surface area (Å²) in [5.41, 5.74) is 0.745. The number of nitrogens with one attached hydrogen (secondary N) is 1. The van der Waals surface area contributed by atoms with E-state index in [1.54, 1.807) is 19.2 Å². The quantitative estimate of drug-likeness (QED) is 0.830. The molecule has 2 N–H and O–H groups in total. The van der Waals surface area contributed by atoms with Gasteiger partial charge in [0.2, 0.25) is 0 Å². The van der Waals surface area contributed by atoms with Crippen LogP contribution in [-0.4, -0.2) is 24.2 Å². The van der Waals surface area contributed by atoms with Crippen molar-refractivity contribution >= 4 is 39.2 Å². The van der Waals surface area contributed by atoms with Gasteiger partial charge in [0.15, 0.2) is 5.75 Å². The maximum Gasteiger partial charge on any atom is 0.303 e. The average Bonchev–Trinajstić information content (AvgIpc) is 2.26. The molecule has 100 valence electrons. The number of hydrogen-bond acceptors (Lipinski definition) is 3. The largest absolute Gasteiger partial charge is 0.493 e. The molecular weight excluding hydrogens is 321 g/mol. The molecule has 1 unspecified atom stereocenters. The molecule has 0 saturated heterocycles. The molecule has 1 aromatic rings. The summed E-state index contributed by atoms with van der Waals surface area (Å²) in [7, 11) is 1.57. The molecule has 0 aliphatic carbocycles. The molecule has 0 aliphatic heterocycles. The van der Waals surface area contributed by atoms with Crippen LogP contribution in [0.2, 0.25) is 5.02 Å². The Hall–Kier alpha value is -0.940. The Morgan fingerprint density at radius 1 is 1.61 bits per heavy atom. The summed E-state index contributed by atoms with van der Waals surface area (Å²) in [6.45, 7) is 1.91. The highest BCUT2D eigenvalue weighted by Crippen LogP contribution is 2.36. The highest BCUT2D eigenvalue weighted by molar-refractivity contribution is 9.10. The van der Waals surface area contributed by atoms with E-state index in [4.69, 9.17) is 21.4 Å². The van der Waals surface area contributed by atoms with E-state index < -0.39 is 5.97 Å². The fourth-order valence-electron chi connectivity index (χ4n) is 1.55. The maximum atomic E-state index is 10.5. The first-order valence-corrected chi connectivity index (χ1v) is 6.62. The van der Waals surface area contributed by atoms with Gasteiger partial charge in [-0.05, 0) is 41.4 Å². The molecule has 0 aromatic heterocycles. The van der Waals surface area contributed by atoms with Crippen molar-refractivity contribution in [1.82, 2.24) is 0 Å². The van der Waals surface area contributed by atoms with Crippen molar-refractivity contribution in [2.45, 2.75) is 25.8 Å². The van der Waals surface area contributed by atoms with Gasteiger partial charge in [0.1, 0.15) is 0 Å². The second-order valence-corrected chi connectivity index (χ2v) is 5.24. The van der Waals surface area contributed by atoms with Crippen LogP contribution in [0.25, 0.3) is 0 Å². The van der Waals surface area contributed by atoms with E-state index in [9.17, 15) is 4.79 Å². The van der Waals surface area contributed by atoms with Crippen molar-refractivity contribution in [2.24, 2.45) is 0 Å². The third kappa shape index (κ3) is 4.38. The highest BCUT2D eigenvalue weighted by Gasteiger charge is 2.12. The Kier molecular flexibility index (Phi) is 5.75. The topological polar surface area (TPSA) is 58.6 Å². The number of benzene rings is 1. The average molecular weight is 337 g/mol. The van der Waals surface area contributed by atoms with Gasteiger partial charge in [-0.15, -0.1) is 0 Å². The van der Waals surface area contributed by atoms with Crippen LogP contribution in [0.5, 0.6) is 5.75 Å². The molecule has 0 bridgehead atoms. The molecule has 1 atom stereocenters. The molecule has 0 spiro atoms. The van der Waals surface area contributed by atoms with Gasteiger partial charge in [-0.3, -0.25) is 4.79 Å². The standard InChI is InChI=1S/C12H15BrClNO3/c1-7(3-4-11(16)17)15-10-6-8(14)5-9(13)12(10)18-2/h5-7,15H,3-4H2,1-2H3,(H,16,17). The Bertz CT molecular complexity index is 440. The van der Waals surface area contributed by atoms with Crippen LogP contribution in [0, 0.1) is 0 Å². The number of carbonyl (C=O) groups is 1. The number of methoxy groups -OCH3 is 1. The van der Waals surface area contributed by atoms with Crippen molar-refractivity contribution in [2.75, 3.05) is 12.4 Å². The smallest absolute Gasteiger partial charge is 0.303 e. The van der Waals surface area contributed by atoms with E-state index >= 15 is 0 Å². The van der Waals surface area contributed by atoms with Crippen molar-refractivity contribution < 1.29 is 14.6 Å². The van der Waals surface area contributed by atoms with Crippen LogP contribution in [0.15, 0.2) is 16.6 Å². The Balaban J connectivity index is 2.79. The summed E-state index contributed by atoms with van der Waals surface area (Å²) < 4.78 is 6.03. The predicted octanol–water partition coefficient (Wildman–Crippen LogP) is 3.78. The zero-order chi connectivity index (χ0) is 13.7. The number of carboxylic acids is 1. The number of ether oxygens (including phenoxy) is 1. The molecule has 0 heterocycles. The van der Waals surface area contributed by atoms with Gasteiger partial charge in [0.25, 0.3) is 0 Å². The minimum Gasteiger partial charge on any atom is -0.493 e. The molecule has 18 heavy (non-hydrogen) atoms. The highest BCUT2D eigenvalue weighted by atomic mass is 79.9. The zero-order valence-corrected chi connectivity index (χ0v) is 12.5. The first-order chi connectivity index (χ1) is 8.43. The number of aliphatic carboxylic acids is 1. The lowest BCUT2D eigenvalue weighted by Crippen LogP contribution is -2.17. The van der Waals surface area contributed by atoms with E-state index in [2.05, 4.69) is 21.2 Å². The lowest BCUT2D eigenvalue weighted by Gasteiger charge is -2.18. The van der Waals surface area contributed by atoms with Crippen molar-refractivity contribution in [1.29, 1.82) is 0 Å². The second kappa shape index (κ2) is 6.85. The van der Waals surface area contributed by atoms with Crippen LogP contribution in [0.3, 0.4) is 0 Å². The minimum atomic E-state index is -0.803. The lowest BCUT2D eigenvalue weighted by atomic mass is 10.1. The third-order valence-corrected chi connectivity index (χ3v) is 3.21. The van der Waals surface area contributed by atoms with Gasteiger partial charge >= 0.3 is 5.97 Å². The first-order valence-electron chi connectivity index (χ1n) is 5.45. The molecule has 6 heteroatoms. The summed E-state index contributed by atoms with van der Waals surface area (Å²) >= 11 is 9.34. The molecule has 4 nitrogen and oxygen atoms in total. The first kappa shape index (κ1) is 15.1. The Morgan fingerprint density at radius 2 is 2.28 bits per heavy atom. The molecule has 0 saturated carbocycles. The lowest BCUT2D eigenvalue weighted by molar-refractivity contribution is -0.137. The number of carboxylic acid groups (broad SMARTS) is 1. The van der Waals surface area contributed by atoms with Gasteiger partial charge in [0.05, 0.1) is 17.3 Å². The van der Waals surface area contributed by atoms with Crippen molar-refractivity contribution in [3.63, 3.8) is 0 Å². The van der Waals surface area contributed by atoms with Crippen molar-refractivity contribution in [3.8, 4) is 5.75 Å². The fourth-order valence-corrected chi connectivity index (χ4v) is 2.52. The monoisotopic (exact) mass is 335 g/mol. The fraction of sp³-hybridized carbons (Fsp3) is 0.417. The Morgan fingerprint density at radius 3 is 2.83 bits per heavy atom. The third-order valence-electron chi connectivity index (χ3n) is 2.41. The van der Waals surface area contributed by atoms with E-state index in [1.165, 1.54) is 0 Å². The molecule has 0 amide bonds. The number of halogens is 2. The van der Waals surface area contributed by atoms with Crippen LogP contribution >= 0.6 is 27.5 Å². The van der Waals surface area contributed by atoms with Gasteiger partial charge in [0, 0.05) is 17.5 Å². The summed E-state index contributed by atoms with van der Waals surface area (Å²) in [5, 5.41) is 12.4. The van der Waals surface area contributed by atoms with Crippen molar-refractivity contribution in [3.05, 3.63) is 21.6 Å². The van der Waals surface area contributed by atoms with E-state index in [0.717, 1.165) is 10.2 Å². The summed E-state index contributed by atoms with van der Waals surface area (Å²) in [6.07, 6.45) is 0.654. The van der Waals surface area contributed by atoms with Crippen LogP contribution in [0.1, 0.15) is 19.8 Å². The SMILES string of the molecule is COc1c(Br)cc(Cl)cc1NC(C)CCC(=O)O. The molecular formula is C12H15BrClNO3. The zero-order valence-electron chi connectivity index (χ0n) is 10.2. The number of hydrogen-bond donors (Lipinski definition) is 2. The molecule has 0 fully saturated rings. The minimum absolute atomic E-state index is 0.0142.